The summed E-state index contributed by atoms with van der Waals surface area (Å²) >= 11 is 5.53. The number of carbonyl (C=O) groups is 1. The lowest BCUT2D eigenvalue weighted by Crippen LogP contribution is -2.25. The van der Waals surface area contributed by atoms with Crippen molar-refractivity contribution in [3.8, 4) is 5.75 Å². The zero-order chi connectivity index (χ0) is 22.7. The molecule has 0 bridgehead atoms. The molecule has 1 aromatic heterocycles. The Morgan fingerprint density at radius 1 is 1.23 bits per heavy atom. The van der Waals surface area contributed by atoms with Gasteiger partial charge in [0, 0.05) is 10.4 Å². The van der Waals surface area contributed by atoms with Gasteiger partial charge in [0.25, 0.3) is 5.56 Å². The first-order valence-corrected chi connectivity index (χ1v) is 11.4. The van der Waals surface area contributed by atoms with Crippen LogP contribution in [0.4, 0.5) is 0 Å². The van der Waals surface area contributed by atoms with E-state index in [0.29, 0.717) is 22.5 Å². The lowest BCUT2D eigenvalue weighted by molar-refractivity contribution is -0.147. The molecule has 0 saturated carbocycles. The van der Waals surface area contributed by atoms with Gasteiger partial charge in [-0.1, -0.05) is 29.8 Å². The second kappa shape index (κ2) is 9.90. The molecule has 31 heavy (non-hydrogen) atoms. The summed E-state index contributed by atoms with van der Waals surface area (Å²) in [7, 11) is 1.32. The van der Waals surface area contributed by atoms with E-state index in [4.69, 9.17) is 4.74 Å². The minimum absolute atomic E-state index is 0.00798. The molecule has 0 saturated heterocycles. The minimum Gasteiger partial charge on any atom is -0.478 e. The normalized spacial score (nSPS) is 12.5. The zero-order valence-electron chi connectivity index (χ0n) is 17.4. The Kier molecular flexibility index (Phi) is 7.47. The monoisotopic (exact) mass is 597 g/mol. The van der Waals surface area contributed by atoms with Gasteiger partial charge in [0.2, 0.25) is 0 Å². The lowest BCUT2D eigenvalue weighted by Gasteiger charge is -2.14. The van der Waals surface area contributed by atoms with Gasteiger partial charge < -0.3 is 9.47 Å². The fourth-order valence-electron chi connectivity index (χ4n) is 2.87. The van der Waals surface area contributed by atoms with E-state index >= 15 is 0 Å². The number of nitrogens with zero attached hydrogens (tertiary/aromatic N) is 3. The Labute approximate surface area is 201 Å². The number of carbonyl (C=O) groups excluding carboxylic acids is 1. The fraction of sp³-hybridized carbons (Fsp3) is 0.273. The molecule has 0 fully saturated rings. The van der Waals surface area contributed by atoms with Gasteiger partial charge in [0.15, 0.2) is 6.10 Å². The first-order valence-electron chi connectivity index (χ1n) is 9.52. The highest BCUT2D eigenvalue weighted by Gasteiger charge is 2.17. The highest BCUT2D eigenvalue weighted by Crippen LogP contribution is 2.23. The smallest absolute Gasteiger partial charge is 0.346 e. The van der Waals surface area contributed by atoms with Gasteiger partial charge in [-0.05, 0) is 71.5 Å². The van der Waals surface area contributed by atoms with E-state index < -0.39 is 12.1 Å². The van der Waals surface area contributed by atoms with Crippen molar-refractivity contribution in [1.29, 1.82) is 0 Å². The number of rotatable bonds is 6. The summed E-state index contributed by atoms with van der Waals surface area (Å²) < 4.78 is 13.3. The maximum atomic E-state index is 13.1. The van der Waals surface area contributed by atoms with E-state index in [0.717, 1.165) is 13.6 Å². The molecule has 0 spiro atoms. The summed E-state index contributed by atoms with van der Waals surface area (Å²) in [4.78, 5) is 29.3. The number of hydrogen-bond donors (Lipinski definition) is 0. The standard InChI is InChI=1S/C22H21BrIN3O4/c1-12(2)20-26-18-7-6-15(23)10-16(18)21(28)27(20)25-11-14-5-8-19(17(24)9-14)31-13(3)22(29)30-4/h5-13H,1-4H3/t13-/m0/s1. The number of ether oxygens (including phenoxy) is 2. The van der Waals surface area contributed by atoms with Crippen molar-refractivity contribution in [3.63, 3.8) is 0 Å². The van der Waals surface area contributed by atoms with Crippen molar-refractivity contribution in [2.75, 3.05) is 7.11 Å². The summed E-state index contributed by atoms with van der Waals surface area (Å²) in [6.07, 6.45) is 0.891. The number of methoxy groups -OCH3 is 1. The fourth-order valence-corrected chi connectivity index (χ4v) is 3.90. The van der Waals surface area contributed by atoms with Crippen LogP contribution in [0.2, 0.25) is 0 Å². The maximum Gasteiger partial charge on any atom is 0.346 e. The number of benzene rings is 2. The molecule has 0 aliphatic rings. The molecule has 1 heterocycles. The van der Waals surface area contributed by atoms with Crippen LogP contribution in [0, 0.1) is 3.57 Å². The maximum absolute atomic E-state index is 13.1. The Hall–Kier alpha value is -2.27. The van der Waals surface area contributed by atoms with E-state index in [1.54, 1.807) is 31.3 Å². The highest BCUT2D eigenvalue weighted by atomic mass is 127. The molecule has 162 valence electrons. The molecular formula is C22H21BrIN3O4. The lowest BCUT2D eigenvalue weighted by atomic mass is 10.2. The van der Waals surface area contributed by atoms with Crippen LogP contribution < -0.4 is 10.3 Å². The van der Waals surface area contributed by atoms with Gasteiger partial charge in [-0.2, -0.15) is 9.78 Å². The summed E-state index contributed by atoms with van der Waals surface area (Å²) in [6.45, 7) is 5.56. The summed E-state index contributed by atoms with van der Waals surface area (Å²) in [5.41, 5.74) is 1.19. The Morgan fingerprint density at radius 2 is 1.97 bits per heavy atom. The third kappa shape index (κ3) is 5.32. The first-order chi connectivity index (χ1) is 14.7. The van der Waals surface area contributed by atoms with Crippen LogP contribution in [-0.4, -0.2) is 35.1 Å². The molecule has 7 nitrogen and oxygen atoms in total. The molecule has 1 atom stereocenters. The second-order valence-electron chi connectivity index (χ2n) is 7.12. The average molecular weight is 598 g/mol. The SMILES string of the molecule is COC(=O)[C@H](C)Oc1ccc(C=Nn2c(C(C)C)nc3ccc(Br)cc3c2=O)cc1I. The van der Waals surface area contributed by atoms with Gasteiger partial charge in [-0.25, -0.2) is 9.78 Å². The summed E-state index contributed by atoms with van der Waals surface area (Å²) in [5.74, 6) is 0.705. The zero-order valence-corrected chi connectivity index (χ0v) is 21.2. The van der Waals surface area contributed by atoms with Crippen molar-refractivity contribution in [2.45, 2.75) is 32.8 Å². The Morgan fingerprint density at radius 3 is 2.61 bits per heavy atom. The van der Waals surface area contributed by atoms with Gasteiger partial charge in [0.05, 0.1) is 27.8 Å². The topological polar surface area (TPSA) is 82.8 Å². The van der Waals surface area contributed by atoms with Crippen LogP contribution in [0.15, 0.2) is 50.8 Å². The van der Waals surface area contributed by atoms with E-state index in [9.17, 15) is 9.59 Å². The van der Waals surface area contributed by atoms with Gasteiger partial charge in [-0.15, -0.1) is 0 Å². The molecule has 0 amide bonds. The molecular weight excluding hydrogens is 577 g/mol. The predicted molar refractivity (Wildman–Crippen MR) is 132 cm³/mol. The van der Waals surface area contributed by atoms with E-state index in [-0.39, 0.29) is 11.5 Å². The van der Waals surface area contributed by atoms with Crippen molar-refractivity contribution in [3.05, 3.63) is 66.2 Å². The molecule has 0 aliphatic heterocycles. The van der Waals surface area contributed by atoms with Gasteiger partial charge in [0.1, 0.15) is 11.6 Å². The van der Waals surface area contributed by atoms with E-state index in [1.165, 1.54) is 11.8 Å². The van der Waals surface area contributed by atoms with Crippen molar-refractivity contribution >= 4 is 61.6 Å². The van der Waals surface area contributed by atoms with Gasteiger partial charge in [-0.3, -0.25) is 4.79 Å². The molecule has 0 aliphatic carbocycles. The van der Waals surface area contributed by atoms with Crippen LogP contribution >= 0.6 is 38.5 Å². The molecule has 0 N–H and O–H groups in total. The molecule has 0 unspecified atom stereocenters. The number of fused-ring (bicyclic) bond motifs is 1. The van der Waals surface area contributed by atoms with Gasteiger partial charge >= 0.3 is 5.97 Å². The van der Waals surface area contributed by atoms with Crippen LogP contribution in [0.1, 0.15) is 38.1 Å². The predicted octanol–water partition coefficient (Wildman–Crippen LogP) is 4.71. The van der Waals surface area contributed by atoms with Crippen LogP contribution in [0.25, 0.3) is 10.9 Å². The Bertz CT molecular complexity index is 1220. The Balaban J connectivity index is 1.97. The first kappa shape index (κ1) is 23.4. The van der Waals surface area contributed by atoms with Crippen molar-refractivity contribution in [2.24, 2.45) is 5.10 Å². The molecule has 9 heteroatoms. The van der Waals surface area contributed by atoms with Crippen LogP contribution in [0.3, 0.4) is 0 Å². The van der Waals surface area contributed by atoms with Crippen LogP contribution in [0.5, 0.6) is 5.75 Å². The third-order valence-electron chi connectivity index (χ3n) is 4.46. The third-order valence-corrected chi connectivity index (χ3v) is 5.80. The molecule has 2 aromatic carbocycles. The molecule has 3 aromatic rings. The largest absolute Gasteiger partial charge is 0.478 e. The number of halogens is 2. The average Bonchev–Trinajstić information content (AvgIpc) is 2.74. The van der Waals surface area contributed by atoms with Crippen LogP contribution in [-0.2, 0) is 9.53 Å². The number of hydrogen-bond acceptors (Lipinski definition) is 6. The summed E-state index contributed by atoms with van der Waals surface area (Å²) in [6, 6.07) is 10.8. The number of aromatic nitrogens is 2. The quantitative estimate of drug-likeness (QED) is 0.233. The molecule has 0 radical (unpaired) electrons. The van der Waals surface area contributed by atoms with Crippen molar-refractivity contribution in [1.82, 2.24) is 9.66 Å². The molecule has 3 rings (SSSR count). The highest BCUT2D eigenvalue weighted by molar-refractivity contribution is 14.1. The van der Waals surface area contributed by atoms with E-state index in [1.807, 2.05) is 32.0 Å². The minimum atomic E-state index is -0.715. The summed E-state index contributed by atoms with van der Waals surface area (Å²) in [5, 5.41) is 4.93. The van der Waals surface area contributed by atoms with E-state index in [2.05, 4.69) is 53.3 Å². The number of esters is 1. The van der Waals surface area contributed by atoms with Crippen molar-refractivity contribution < 1.29 is 14.3 Å². The second-order valence-corrected chi connectivity index (χ2v) is 9.20.